The molecule has 0 unspecified atom stereocenters. The number of aliphatic hydroxyl groups is 1. The molecule has 0 saturated carbocycles. The zero-order chi connectivity index (χ0) is 58.0. The number of carbonyl (C=O) groups excluding carboxylic acids is 4. The van der Waals surface area contributed by atoms with Crippen molar-refractivity contribution in [2.45, 2.75) is 418 Å². The number of carbonyl (C=O) groups is 4. The summed E-state index contributed by atoms with van der Waals surface area (Å²) in [6.45, 7) is 8.71. The lowest BCUT2D eigenvalue weighted by Gasteiger charge is -2.43. The maximum absolute atomic E-state index is 13.8. The summed E-state index contributed by atoms with van der Waals surface area (Å²) in [4.78, 5) is 54.2. The summed E-state index contributed by atoms with van der Waals surface area (Å²) in [7, 11) is 0. The Hall–Kier alpha value is -2.20. The molecule has 1 rings (SSSR count). The van der Waals surface area contributed by atoms with E-state index in [4.69, 9.17) is 23.7 Å². The van der Waals surface area contributed by atoms with Gasteiger partial charge in [0.05, 0.1) is 0 Å². The SMILES string of the molecule is CCCCCCCCCCCCCCCC(=O)OC[C@H]1O[C@@H](O)[C@H](OC(=O)CCCCCCCCCCCCCCC)[C@@H](OC(=O)CCCCCCCCCCCCCCC)[C@@H]1OC(=O)CCCCCCCCCCCCCCC. The molecule has 0 spiro atoms. The third-order valence-corrected chi connectivity index (χ3v) is 16.8. The van der Waals surface area contributed by atoms with E-state index in [2.05, 4.69) is 27.7 Å². The van der Waals surface area contributed by atoms with Gasteiger partial charge in [0, 0.05) is 25.7 Å². The number of aliphatic hydroxyl groups excluding tert-OH is 1. The van der Waals surface area contributed by atoms with Gasteiger partial charge in [-0.1, -0.05) is 336 Å². The third kappa shape index (κ3) is 47.2. The number of hydrogen-bond acceptors (Lipinski definition) is 10. The van der Waals surface area contributed by atoms with Crippen molar-refractivity contribution in [3.05, 3.63) is 0 Å². The Morgan fingerprint density at radius 2 is 0.475 bits per heavy atom. The highest BCUT2D eigenvalue weighted by Crippen LogP contribution is 2.30. The van der Waals surface area contributed by atoms with Crippen molar-refractivity contribution in [1.82, 2.24) is 0 Å². The fourth-order valence-electron chi connectivity index (χ4n) is 11.5. The zero-order valence-electron chi connectivity index (χ0n) is 53.3. The Kier molecular flexibility index (Phi) is 55.5. The highest BCUT2D eigenvalue weighted by Gasteiger charge is 2.52. The average Bonchev–Trinajstić information content (AvgIpc) is 3.44. The smallest absolute Gasteiger partial charge is 0.306 e. The first-order valence-electron chi connectivity index (χ1n) is 35.3. The molecule has 1 heterocycles. The molecule has 0 radical (unpaired) electrons. The molecule has 0 aromatic rings. The molecule has 0 aliphatic carbocycles. The third-order valence-electron chi connectivity index (χ3n) is 16.8. The van der Waals surface area contributed by atoms with Crippen LogP contribution in [0, 0.1) is 0 Å². The fourth-order valence-corrected chi connectivity index (χ4v) is 11.5. The van der Waals surface area contributed by atoms with E-state index in [0.29, 0.717) is 25.7 Å². The van der Waals surface area contributed by atoms with Crippen LogP contribution in [0.25, 0.3) is 0 Å². The van der Waals surface area contributed by atoms with E-state index < -0.39 is 54.6 Å². The minimum absolute atomic E-state index is 0.142. The second-order valence-corrected chi connectivity index (χ2v) is 24.6. The van der Waals surface area contributed by atoms with Gasteiger partial charge in [0.15, 0.2) is 24.6 Å². The Labute approximate surface area is 494 Å². The number of ether oxygens (including phenoxy) is 5. The molecular formula is C70H132O10. The van der Waals surface area contributed by atoms with E-state index in [-0.39, 0.29) is 32.3 Å². The predicted molar refractivity (Wildman–Crippen MR) is 333 cm³/mol. The topological polar surface area (TPSA) is 135 Å². The number of unbranched alkanes of at least 4 members (excludes halogenated alkanes) is 48. The summed E-state index contributed by atoms with van der Waals surface area (Å²) >= 11 is 0. The van der Waals surface area contributed by atoms with Crippen molar-refractivity contribution in [2.75, 3.05) is 6.61 Å². The summed E-state index contributed by atoms with van der Waals surface area (Å²) in [6.07, 6.45) is 55.6. The molecule has 0 aromatic heterocycles. The minimum atomic E-state index is -1.69. The van der Waals surface area contributed by atoms with Gasteiger partial charge in [-0.15, -0.1) is 0 Å². The number of rotatable bonds is 61. The van der Waals surface area contributed by atoms with Gasteiger partial charge in [0.1, 0.15) is 12.7 Å². The first kappa shape index (κ1) is 75.8. The van der Waals surface area contributed by atoms with Crippen LogP contribution in [0.3, 0.4) is 0 Å². The molecule has 80 heavy (non-hydrogen) atoms. The van der Waals surface area contributed by atoms with Crippen LogP contribution >= 0.6 is 0 Å². The van der Waals surface area contributed by atoms with Gasteiger partial charge < -0.3 is 28.8 Å². The van der Waals surface area contributed by atoms with Crippen LogP contribution in [0.4, 0.5) is 0 Å². The standard InChI is InChI=1S/C70H132O10/c1-5-9-13-17-21-25-29-33-37-41-45-49-53-57-63(71)76-61-62-67(78-64(72)58-54-50-46-42-38-34-30-26-22-18-14-10-6-2)68(79-65(73)59-55-51-47-43-39-35-31-27-23-19-15-11-7-3)69(70(75)77-62)80-66(74)60-56-52-48-44-40-36-32-28-24-20-16-12-8-4/h62,67-70,75H,5-61H2,1-4H3/t62-,67-,68+,69-,70-/m1/s1. The molecule has 1 saturated heterocycles. The summed E-state index contributed by atoms with van der Waals surface area (Å²) in [5.74, 6) is -1.93. The Morgan fingerprint density at radius 3 is 0.725 bits per heavy atom. The zero-order valence-corrected chi connectivity index (χ0v) is 53.3. The van der Waals surface area contributed by atoms with Crippen LogP contribution in [0.2, 0.25) is 0 Å². The van der Waals surface area contributed by atoms with Crippen molar-refractivity contribution in [3.8, 4) is 0 Å². The summed E-state index contributed by atoms with van der Waals surface area (Å²) in [6, 6.07) is 0. The molecule has 0 aromatic carbocycles. The van der Waals surface area contributed by atoms with Crippen molar-refractivity contribution in [3.63, 3.8) is 0 Å². The van der Waals surface area contributed by atoms with Crippen LogP contribution in [0.1, 0.15) is 387 Å². The lowest BCUT2D eigenvalue weighted by Crippen LogP contribution is -2.62. The molecule has 1 aliphatic heterocycles. The minimum Gasteiger partial charge on any atom is -0.463 e. The van der Waals surface area contributed by atoms with Gasteiger partial charge in [-0.3, -0.25) is 19.2 Å². The van der Waals surface area contributed by atoms with Crippen LogP contribution in [-0.2, 0) is 42.9 Å². The highest BCUT2D eigenvalue weighted by molar-refractivity contribution is 5.72. The van der Waals surface area contributed by atoms with Gasteiger partial charge in [-0.05, 0) is 25.7 Å². The number of esters is 4. The van der Waals surface area contributed by atoms with Crippen molar-refractivity contribution >= 4 is 23.9 Å². The maximum atomic E-state index is 13.8. The van der Waals surface area contributed by atoms with Gasteiger partial charge >= 0.3 is 23.9 Å². The monoisotopic (exact) mass is 1130 g/mol. The van der Waals surface area contributed by atoms with E-state index in [1.165, 1.54) is 231 Å². The largest absolute Gasteiger partial charge is 0.463 e. The van der Waals surface area contributed by atoms with Gasteiger partial charge in [-0.2, -0.15) is 0 Å². The molecule has 0 bridgehead atoms. The maximum Gasteiger partial charge on any atom is 0.306 e. The lowest BCUT2D eigenvalue weighted by molar-refractivity contribution is -0.297. The number of hydrogen-bond donors (Lipinski definition) is 1. The van der Waals surface area contributed by atoms with Crippen LogP contribution in [0.5, 0.6) is 0 Å². The molecule has 1 N–H and O–H groups in total. The molecule has 1 fully saturated rings. The molecule has 10 heteroatoms. The summed E-state index contributed by atoms with van der Waals surface area (Å²) in [5, 5.41) is 11.6. The van der Waals surface area contributed by atoms with Crippen molar-refractivity contribution in [1.29, 1.82) is 0 Å². The first-order chi connectivity index (χ1) is 39.3. The Balaban J connectivity index is 2.96. The molecule has 5 atom stereocenters. The van der Waals surface area contributed by atoms with E-state index in [1.807, 2.05) is 0 Å². The van der Waals surface area contributed by atoms with Crippen molar-refractivity contribution in [2.24, 2.45) is 0 Å². The molecule has 10 nitrogen and oxygen atoms in total. The summed E-state index contributed by atoms with van der Waals surface area (Å²) in [5.41, 5.74) is 0. The van der Waals surface area contributed by atoms with Crippen molar-refractivity contribution < 1.29 is 48.0 Å². The molecule has 472 valence electrons. The van der Waals surface area contributed by atoms with Crippen LogP contribution in [0.15, 0.2) is 0 Å². The lowest BCUT2D eigenvalue weighted by atomic mass is 9.97. The van der Waals surface area contributed by atoms with E-state index in [9.17, 15) is 24.3 Å². The fraction of sp³-hybridized carbons (Fsp3) is 0.943. The first-order valence-corrected chi connectivity index (χ1v) is 35.3. The molecule has 0 amide bonds. The van der Waals surface area contributed by atoms with E-state index in [1.54, 1.807) is 0 Å². The normalized spacial score (nSPS) is 17.2. The van der Waals surface area contributed by atoms with Gasteiger partial charge in [-0.25, -0.2) is 0 Å². The Morgan fingerprint density at radius 1 is 0.275 bits per heavy atom. The van der Waals surface area contributed by atoms with Gasteiger partial charge in [0.2, 0.25) is 0 Å². The average molecular weight is 1130 g/mol. The quantitative estimate of drug-likeness (QED) is 0.0356. The van der Waals surface area contributed by atoms with Crippen LogP contribution < -0.4 is 0 Å². The van der Waals surface area contributed by atoms with Gasteiger partial charge in [0.25, 0.3) is 0 Å². The van der Waals surface area contributed by atoms with E-state index in [0.717, 1.165) is 77.0 Å². The van der Waals surface area contributed by atoms with E-state index >= 15 is 0 Å². The predicted octanol–water partition coefficient (Wildman–Crippen LogP) is 20.9. The second kappa shape index (κ2) is 58.6. The molecular weight excluding hydrogens is 1000 g/mol. The Bertz CT molecular complexity index is 1370. The van der Waals surface area contributed by atoms with Crippen LogP contribution in [-0.4, -0.2) is 66.3 Å². The second-order valence-electron chi connectivity index (χ2n) is 24.6. The molecule has 1 aliphatic rings. The summed E-state index contributed by atoms with van der Waals surface area (Å²) < 4.78 is 30.1. The highest BCUT2D eigenvalue weighted by atomic mass is 16.7.